The summed E-state index contributed by atoms with van der Waals surface area (Å²) in [4.78, 5) is 6.90. The lowest BCUT2D eigenvalue weighted by atomic mass is 10.0. The molecule has 0 radical (unpaired) electrons. The van der Waals surface area contributed by atoms with Gasteiger partial charge in [0.25, 0.3) is 0 Å². The molecule has 29 heavy (non-hydrogen) atoms. The minimum atomic E-state index is 0. The highest BCUT2D eigenvalue weighted by Gasteiger charge is 2.20. The predicted octanol–water partition coefficient (Wildman–Crippen LogP) is 4.05. The highest BCUT2D eigenvalue weighted by atomic mass is 127. The lowest BCUT2D eigenvalue weighted by molar-refractivity contribution is 0.198. The Bertz CT molecular complexity index is 781. The van der Waals surface area contributed by atoms with E-state index >= 15 is 0 Å². The normalized spacial score (nSPS) is 16.0. The first kappa shape index (κ1) is 23.7. The zero-order chi connectivity index (χ0) is 19.9. The van der Waals surface area contributed by atoms with Crippen LogP contribution >= 0.6 is 24.0 Å². The molecule has 1 aromatic carbocycles. The van der Waals surface area contributed by atoms with Crippen molar-refractivity contribution in [2.24, 2.45) is 4.99 Å². The molecule has 2 N–H and O–H groups in total. The molecule has 0 amide bonds. The number of rotatable bonds is 6. The summed E-state index contributed by atoms with van der Waals surface area (Å²) in [5, 5.41) is 11.0. The topological polar surface area (TPSA) is 65.7 Å². The summed E-state index contributed by atoms with van der Waals surface area (Å²) in [6, 6.07) is 11.1. The van der Waals surface area contributed by atoms with Crippen LogP contribution in [0.5, 0.6) is 0 Å². The monoisotopic (exact) mass is 511 g/mol. The fraction of sp³-hybridized carbons (Fsp3) is 0.545. The number of hydrogen-bond donors (Lipinski definition) is 2. The summed E-state index contributed by atoms with van der Waals surface area (Å²) in [5.41, 5.74) is 3.79. The van der Waals surface area contributed by atoms with Crippen LogP contribution in [0.1, 0.15) is 55.2 Å². The molecule has 7 heteroatoms. The third kappa shape index (κ3) is 6.99. The van der Waals surface area contributed by atoms with E-state index in [0.29, 0.717) is 18.5 Å². The van der Waals surface area contributed by atoms with Crippen LogP contribution in [0.15, 0.2) is 39.8 Å². The number of likely N-dealkylation sites (tertiary alicyclic amines) is 1. The van der Waals surface area contributed by atoms with Crippen LogP contribution in [0, 0.1) is 6.92 Å². The van der Waals surface area contributed by atoms with Crippen molar-refractivity contribution in [3.8, 4) is 0 Å². The average Bonchev–Trinajstić information content (AvgIpc) is 3.17. The molecule has 3 rings (SSSR count). The number of aryl methyl sites for hydroxylation is 1. The molecule has 0 unspecified atom stereocenters. The third-order valence-corrected chi connectivity index (χ3v) is 5.41. The summed E-state index contributed by atoms with van der Waals surface area (Å²) in [7, 11) is 1.81. The minimum absolute atomic E-state index is 0. The molecule has 1 aliphatic rings. The van der Waals surface area contributed by atoms with E-state index in [0.717, 1.165) is 49.9 Å². The standard InChI is InChI=1S/C22H33N5O.HI/c1-16(2)21-13-20(28-26-21)14-24-22(23-4)25-19-9-11-27(12-10-19)15-18-8-6-5-7-17(18)3;/h5-8,13,16,19H,9-12,14-15H2,1-4H3,(H2,23,24,25);1H. The first-order chi connectivity index (χ1) is 13.5. The highest BCUT2D eigenvalue weighted by molar-refractivity contribution is 14.0. The van der Waals surface area contributed by atoms with Crippen molar-refractivity contribution in [2.45, 2.75) is 58.7 Å². The van der Waals surface area contributed by atoms with Gasteiger partial charge in [0.2, 0.25) is 0 Å². The van der Waals surface area contributed by atoms with Crippen LogP contribution in [-0.4, -0.2) is 42.2 Å². The van der Waals surface area contributed by atoms with Gasteiger partial charge in [-0.15, -0.1) is 24.0 Å². The lowest BCUT2D eigenvalue weighted by Crippen LogP contribution is -2.48. The van der Waals surface area contributed by atoms with Crippen molar-refractivity contribution in [1.82, 2.24) is 20.7 Å². The summed E-state index contributed by atoms with van der Waals surface area (Å²) >= 11 is 0. The van der Waals surface area contributed by atoms with Crippen molar-refractivity contribution in [3.05, 3.63) is 52.9 Å². The predicted molar refractivity (Wildman–Crippen MR) is 129 cm³/mol. The first-order valence-corrected chi connectivity index (χ1v) is 10.2. The summed E-state index contributed by atoms with van der Waals surface area (Å²) in [6.07, 6.45) is 2.23. The van der Waals surface area contributed by atoms with Gasteiger partial charge < -0.3 is 15.2 Å². The third-order valence-electron chi connectivity index (χ3n) is 5.41. The van der Waals surface area contributed by atoms with Gasteiger partial charge in [-0.2, -0.15) is 0 Å². The Morgan fingerprint density at radius 1 is 1.28 bits per heavy atom. The summed E-state index contributed by atoms with van der Waals surface area (Å²) in [6.45, 7) is 10.2. The Balaban J connectivity index is 0.00000300. The van der Waals surface area contributed by atoms with Crippen LogP contribution in [0.2, 0.25) is 0 Å². The number of piperidine rings is 1. The van der Waals surface area contributed by atoms with Crippen LogP contribution in [0.4, 0.5) is 0 Å². The SMILES string of the molecule is CN=C(NCc1cc(C(C)C)no1)NC1CCN(Cc2ccccc2C)CC1.I. The molecule has 0 atom stereocenters. The molecular weight excluding hydrogens is 477 g/mol. The maximum atomic E-state index is 5.39. The molecular formula is C22H34IN5O. The Morgan fingerprint density at radius 2 is 2.00 bits per heavy atom. The fourth-order valence-electron chi connectivity index (χ4n) is 3.51. The van der Waals surface area contributed by atoms with E-state index in [2.05, 4.69) is 70.7 Å². The zero-order valence-corrected chi connectivity index (χ0v) is 20.3. The smallest absolute Gasteiger partial charge is 0.191 e. The molecule has 160 valence electrons. The molecule has 2 aromatic rings. The molecule has 0 bridgehead atoms. The van der Waals surface area contributed by atoms with Gasteiger partial charge >= 0.3 is 0 Å². The largest absolute Gasteiger partial charge is 0.359 e. The molecule has 0 aliphatic carbocycles. The van der Waals surface area contributed by atoms with E-state index in [1.165, 1.54) is 11.1 Å². The Hall–Kier alpha value is -1.61. The summed E-state index contributed by atoms with van der Waals surface area (Å²) in [5.74, 6) is 2.03. The van der Waals surface area contributed by atoms with Crippen molar-refractivity contribution in [2.75, 3.05) is 20.1 Å². The second-order valence-corrected chi connectivity index (χ2v) is 7.92. The van der Waals surface area contributed by atoms with Crippen molar-refractivity contribution >= 4 is 29.9 Å². The van der Waals surface area contributed by atoms with E-state index < -0.39 is 0 Å². The van der Waals surface area contributed by atoms with Gasteiger partial charge in [0, 0.05) is 38.8 Å². The zero-order valence-electron chi connectivity index (χ0n) is 17.9. The summed E-state index contributed by atoms with van der Waals surface area (Å²) < 4.78 is 5.39. The molecule has 6 nitrogen and oxygen atoms in total. The van der Waals surface area contributed by atoms with Crippen LogP contribution in [0.3, 0.4) is 0 Å². The van der Waals surface area contributed by atoms with E-state index in [-0.39, 0.29) is 24.0 Å². The lowest BCUT2D eigenvalue weighted by Gasteiger charge is -2.33. The van der Waals surface area contributed by atoms with Gasteiger partial charge in [0.05, 0.1) is 12.2 Å². The number of guanidine groups is 1. The maximum Gasteiger partial charge on any atom is 0.191 e. The van der Waals surface area contributed by atoms with Crippen LogP contribution in [0.25, 0.3) is 0 Å². The van der Waals surface area contributed by atoms with E-state index in [1.54, 1.807) is 0 Å². The number of nitrogens with zero attached hydrogens (tertiary/aromatic N) is 3. The molecule has 1 saturated heterocycles. The molecule has 1 fully saturated rings. The fourth-order valence-corrected chi connectivity index (χ4v) is 3.51. The second kappa shape index (κ2) is 11.5. The number of benzene rings is 1. The highest BCUT2D eigenvalue weighted by Crippen LogP contribution is 2.16. The van der Waals surface area contributed by atoms with E-state index in [4.69, 9.17) is 4.52 Å². The number of halogens is 1. The molecule has 0 spiro atoms. The average molecular weight is 511 g/mol. The Morgan fingerprint density at radius 3 is 2.62 bits per heavy atom. The first-order valence-electron chi connectivity index (χ1n) is 10.2. The molecule has 1 aliphatic heterocycles. The van der Waals surface area contributed by atoms with Gasteiger partial charge in [-0.05, 0) is 36.8 Å². The number of nitrogens with one attached hydrogen (secondary N) is 2. The maximum absolute atomic E-state index is 5.39. The molecule has 1 aromatic heterocycles. The van der Waals surface area contributed by atoms with Gasteiger partial charge in [-0.3, -0.25) is 9.89 Å². The second-order valence-electron chi connectivity index (χ2n) is 7.92. The van der Waals surface area contributed by atoms with Gasteiger partial charge in [0.1, 0.15) is 0 Å². The van der Waals surface area contributed by atoms with Gasteiger partial charge in [0.15, 0.2) is 11.7 Å². The number of hydrogen-bond acceptors (Lipinski definition) is 4. The Labute approximate surface area is 191 Å². The quantitative estimate of drug-likeness (QED) is 0.348. The van der Waals surface area contributed by atoms with Crippen molar-refractivity contribution in [1.29, 1.82) is 0 Å². The minimum Gasteiger partial charge on any atom is -0.359 e. The van der Waals surface area contributed by atoms with Gasteiger partial charge in [-0.25, -0.2) is 0 Å². The molecule has 2 heterocycles. The van der Waals surface area contributed by atoms with E-state index in [1.807, 2.05) is 13.1 Å². The van der Waals surface area contributed by atoms with Crippen LogP contribution < -0.4 is 10.6 Å². The molecule has 0 saturated carbocycles. The van der Waals surface area contributed by atoms with Gasteiger partial charge in [-0.1, -0.05) is 43.3 Å². The van der Waals surface area contributed by atoms with Crippen molar-refractivity contribution < 1.29 is 4.52 Å². The Kier molecular flexibility index (Phi) is 9.42. The number of aromatic nitrogens is 1. The van der Waals surface area contributed by atoms with Crippen molar-refractivity contribution in [3.63, 3.8) is 0 Å². The number of aliphatic imine (C=N–C) groups is 1. The van der Waals surface area contributed by atoms with E-state index in [9.17, 15) is 0 Å². The van der Waals surface area contributed by atoms with Crippen LogP contribution in [-0.2, 0) is 13.1 Å².